The number of allylic oxidation sites excluding steroid dienone is 6. The molecule has 226 valence electrons. The Hall–Kier alpha value is -4.28. The molecule has 2 N–H and O–H groups in total. The van der Waals surface area contributed by atoms with Crippen molar-refractivity contribution in [3.05, 3.63) is 110 Å². The van der Waals surface area contributed by atoms with Crippen molar-refractivity contribution < 1.29 is 29.0 Å². The summed E-state index contributed by atoms with van der Waals surface area (Å²) in [5.74, 6) is -3.97. The number of ketones is 2. The number of rotatable bonds is 5. The molecule has 3 aromatic carbocycles. The van der Waals surface area contributed by atoms with Crippen LogP contribution in [-0.4, -0.2) is 35.6 Å². The summed E-state index contributed by atoms with van der Waals surface area (Å²) in [7, 11) is 1.43. The number of fused-ring (bicyclic) bond motifs is 3. The molecule has 4 aliphatic rings. The SMILES string of the molecule is COc1cc(Br)cc(C2C3=CCC4C(=O)N(c5ccc(Nc6ccccc6)cc5)C(=O)C4C3CC3=C2C(=O)C=C(Br)C3=O)c1O. The number of nitrogens with zero attached hydrogens (tertiary/aromatic N) is 1. The number of carbonyl (C=O) groups excluding carboxylic acids is 4. The van der Waals surface area contributed by atoms with Crippen LogP contribution in [0, 0.1) is 17.8 Å². The number of aromatic hydroxyl groups is 1. The summed E-state index contributed by atoms with van der Waals surface area (Å²) in [6, 6.07) is 20.1. The summed E-state index contributed by atoms with van der Waals surface area (Å²) >= 11 is 6.72. The second-order valence-electron chi connectivity index (χ2n) is 11.5. The van der Waals surface area contributed by atoms with Crippen molar-refractivity contribution in [1.29, 1.82) is 0 Å². The number of nitrogens with one attached hydrogen (secondary N) is 1. The standard InChI is InChI=1S/C35H26Br2N2O6/c1-45-28-14-17(36)13-24(33(28)42)29-21-11-12-22-30(23(21)15-25-31(29)27(40)16-26(37)32(25)41)35(44)39(34(22)43)20-9-7-19(8-10-20)38-18-5-3-2-4-6-18/h2-11,13-14,16,22-23,29-30,38,42H,12,15H2,1H3. The van der Waals surface area contributed by atoms with Gasteiger partial charge in [0.05, 0.1) is 29.1 Å². The van der Waals surface area contributed by atoms with Crippen LogP contribution in [0.4, 0.5) is 17.1 Å². The van der Waals surface area contributed by atoms with Crippen molar-refractivity contribution in [3.8, 4) is 11.5 Å². The molecule has 45 heavy (non-hydrogen) atoms. The average molecular weight is 730 g/mol. The fraction of sp³-hybridized carbons (Fsp3) is 0.200. The minimum atomic E-state index is -0.806. The van der Waals surface area contributed by atoms with Crippen molar-refractivity contribution in [2.75, 3.05) is 17.3 Å². The van der Waals surface area contributed by atoms with Gasteiger partial charge in [-0.15, -0.1) is 0 Å². The molecular formula is C35H26Br2N2O6. The van der Waals surface area contributed by atoms with Crippen LogP contribution in [0.15, 0.2) is 105 Å². The maximum absolute atomic E-state index is 14.2. The lowest BCUT2D eigenvalue weighted by molar-refractivity contribution is -0.123. The molecule has 3 aromatic rings. The summed E-state index contributed by atoms with van der Waals surface area (Å²) in [4.78, 5) is 56.3. The van der Waals surface area contributed by atoms with E-state index < -0.39 is 23.7 Å². The number of carbonyl (C=O) groups is 4. The predicted molar refractivity (Wildman–Crippen MR) is 176 cm³/mol. The highest BCUT2D eigenvalue weighted by Gasteiger charge is 2.57. The molecule has 0 aromatic heterocycles. The highest BCUT2D eigenvalue weighted by atomic mass is 79.9. The van der Waals surface area contributed by atoms with Crippen LogP contribution in [-0.2, 0) is 19.2 Å². The molecule has 4 atom stereocenters. The van der Waals surface area contributed by atoms with E-state index in [9.17, 15) is 24.3 Å². The number of ether oxygens (including phenoxy) is 1. The van der Waals surface area contributed by atoms with Crippen molar-refractivity contribution in [2.24, 2.45) is 17.8 Å². The van der Waals surface area contributed by atoms with Crippen LogP contribution in [0.5, 0.6) is 11.5 Å². The third-order valence-corrected chi connectivity index (χ3v) is 10.2. The van der Waals surface area contributed by atoms with Crippen molar-refractivity contribution >= 4 is 72.3 Å². The Balaban J connectivity index is 1.28. The zero-order valence-corrected chi connectivity index (χ0v) is 27.1. The van der Waals surface area contributed by atoms with Gasteiger partial charge in [0.25, 0.3) is 0 Å². The third kappa shape index (κ3) is 4.78. The summed E-state index contributed by atoms with van der Waals surface area (Å²) in [5, 5.41) is 14.6. The van der Waals surface area contributed by atoms with Crippen molar-refractivity contribution in [2.45, 2.75) is 18.8 Å². The maximum Gasteiger partial charge on any atom is 0.238 e. The Kier molecular flexibility index (Phi) is 7.37. The molecule has 0 radical (unpaired) electrons. The van der Waals surface area contributed by atoms with Gasteiger partial charge in [0.1, 0.15) is 0 Å². The van der Waals surface area contributed by atoms with Gasteiger partial charge >= 0.3 is 0 Å². The first-order valence-electron chi connectivity index (χ1n) is 14.4. The first kappa shape index (κ1) is 29.4. The Bertz CT molecular complexity index is 1900. The number of benzene rings is 3. The van der Waals surface area contributed by atoms with E-state index in [2.05, 4.69) is 37.2 Å². The normalized spacial score (nSPS) is 24.1. The first-order valence-corrected chi connectivity index (χ1v) is 16.0. The molecule has 0 saturated carbocycles. The topological polar surface area (TPSA) is 113 Å². The van der Waals surface area contributed by atoms with Gasteiger partial charge in [-0.1, -0.05) is 45.8 Å². The minimum Gasteiger partial charge on any atom is -0.504 e. The summed E-state index contributed by atoms with van der Waals surface area (Å²) in [6.07, 6.45) is 3.60. The van der Waals surface area contributed by atoms with Gasteiger partial charge in [-0.25, -0.2) is 0 Å². The predicted octanol–water partition coefficient (Wildman–Crippen LogP) is 6.87. The molecule has 10 heteroatoms. The molecule has 1 saturated heterocycles. The van der Waals surface area contributed by atoms with E-state index in [-0.39, 0.29) is 63.4 Å². The van der Waals surface area contributed by atoms with Crippen LogP contribution in [0.2, 0.25) is 0 Å². The Labute approximate surface area is 275 Å². The Morgan fingerprint density at radius 2 is 1.62 bits per heavy atom. The highest BCUT2D eigenvalue weighted by Crippen LogP contribution is 2.57. The zero-order chi connectivity index (χ0) is 31.6. The number of methoxy groups -OCH3 is 1. The summed E-state index contributed by atoms with van der Waals surface area (Å²) in [6.45, 7) is 0. The van der Waals surface area contributed by atoms with E-state index in [1.54, 1.807) is 24.3 Å². The van der Waals surface area contributed by atoms with Crippen LogP contribution in [0.1, 0.15) is 24.3 Å². The zero-order valence-electron chi connectivity index (χ0n) is 23.9. The lowest BCUT2D eigenvalue weighted by atomic mass is 9.59. The van der Waals surface area contributed by atoms with Crippen LogP contribution >= 0.6 is 31.9 Å². The monoisotopic (exact) mass is 728 g/mol. The number of hydrogen-bond donors (Lipinski definition) is 2. The highest BCUT2D eigenvalue weighted by molar-refractivity contribution is 9.12. The molecule has 1 heterocycles. The van der Waals surface area contributed by atoms with Gasteiger partial charge in [0.2, 0.25) is 11.8 Å². The number of hydrogen-bond acceptors (Lipinski definition) is 7. The van der Waals surface area contributed by atoms with E-state index in [0.29, 0.717) is 15.7 Å². The maximum atomic E-state index is 14.2. The Morgan fingerprint density at radius 1 is 0.911 bits per heavy atom. The smallest absolute Gasteiger partial charge is 0.238 e. The van der Waals surface area contributed by atoms with Crippen LogP contribution in [0.3, 0.4) is 0 Å². The third-order valence-electron chi connectivity index (χ3n) is 9.12. The lowest BCUT2D eigenvalue weighted by Gasteiger charge is -2.42. The molecule has 2 amide bonds. The van der Waals surface area contributed by atoms with Gasteiger partial charge in [-0.2, -0.15) is 0 Å². The number of halogens is 2. The number of phenols is 1. The van der Waals surface area contributed by atoms with Gasteiger partial charge in [-0.3, -0.25) is 24.1 Å². The number of anilines is 3. The molecule has 0 spiro atoms. The first-order chi connectivity index (χ1) is 21.7. The fourth-order valence-electron chi connectivity index (χ4n) is 7.17. The van der Waals surface area contributed by atoms with Gasteiger partial charge in [0, 0.05) is 44.6 Å². The molecule has 8 nitrogen and oxygen atoms in total. The molecule has 3 aliphatic carbocycles. The van der Waals surface area contributed by atoms with Gasteiger partial charge in [0.15, 0.2) is 23.1 Å². The van der Waals surface area contributed by atoms with Crippen LogP contribution in [0.25, 0.3) is 0 Å². The summed E-state index contributed by atoms with van der Waals surface area (Å²) < 4.78 is 6.15. The van der Waals surface area contributed by atoms with Crippen LogP contribution < -0.4 is 15.0 Å². The van der Waals surface area contributed by atoms with E-state index in [4.69, 9.17) is 4.74 Å². The number of phenolic OH excluding ortho intramolecular Hbond substituents is 1. The van der Waals surface area contributed by atoms with Crippen molar-refractivity contribution in [3.63, 3.8) is 0 Å². The number of Topliss-reactive ketones (excluding diaryl/α,β-unsaturated/α-hetero) is 1. The largest absolute Gasteiger partial charge is 0.504 e. The van der Waals surface area contributed by atoms with E-state index in [1.807, 2.05) is 48.5 Å². The second kappa shape index (κ2) is 11.3. The number of imide groups is 1. The van der Waals surface area contributed by atoms with Crippen molar-refractivity contribution in [1.82, 2.24) is 0 Å². The molecule has 4 unspecified atom stereocenters. The fourth-order valence-corrected chi connectivity index (χ4v) is 8.07. The average Bonchev–Trinajstić information content (AvgIpc) is 3.30. The molecule has 7 rings (SSSR count). The quantitative estimate of drug-likeness (QED) is 0.167. The van der Waals surface area contributed by atoms with E-state index >= 15 is 0 Å². The molecule has 1 fully saturated rings. The van der Waals surface area contributed by atoms with Gasteiger partial charge < -0.3 is 15.2 Å². The molecule has 0 bridgehead atoms. The molecular weight excluding hydrogens is 704 g/mol. The van der Waals surface area contributed by atoms with Gasteiger partial charge in [-0.05, 0) is 83.2 Å². The lowest BCUT2D eigenvalue weighted by Crippen LogP contribution is -2.39. The second-order valence-corrected chi connectivity index (χ2v) is 13.3. The Morgan fingerprint density at radius 3 is 2.33 bits per heavy atom. The summed E-state index contributed by atoms with van der Waals surface area (Å²) in [5.41, 5.74) is 3.87. The van der Waals surface area contributed by atoms with E-state index in [0.717, 1.165) is 16.9 Å². The number of amides is 2. The minimum absolute atomic E-state index is 0.130. The molecule has 1 aliphatic heterocycles. The number of para-hydroxylation sites is 1. The van der Waals surface area contributed by atoms with E-state index in [1.165, 1.54) is 18.1 Å².